The predicted molar refractivity (Wildman–Crippen MR) is 94.9 cm³/mol. The molecule has 7 heteroatoms. The number of hydrogen-bond acceptors (Lipinski definition) is 4. The molecule has 0 bridgehead atoms. The van der Waals surface area contributed by atoms with Crippen molar-refractivity contribution in [1.29, 1.82) is 0 Å². The Morgan fingerprint density at radius 1 is 1.28 bits per heavy atom. The summed E-state index contributed by atoms with van der Waals surface area (Å²) in [7, 11) is 1.64. The molecule has 1 aliphatic carbocycles. The maximum Gasteiger partial charge on any atom is 0.308 e. The lowest BCUT2D eigenvalue weighted by Crippen LogP contribution is -2.47. The standard InChI is InChI=1S/C18H24N2O4S/c1-19(10-16(21)20-8-4-5-12(9-20)18(23)24)17(22)14-11-25-15-7-3-2-6-13(14)15/h11-12H,2-10H2,1H3,(H,23,24). The van der Waals surface area contributed by atoms with Gasteiger partial charge in [0.25, 0.3) is 5.91 Å². The minimum absolute atomic E-state index is 0.00417. The number of fused-ring (bicyclic) bond motifs is 1. The number of carboxylic acid groups (broad SMARTS) is 1. The Hall–Kier alpha value is -1.89. The zero-order valence-corrected chi connectivity index (χ0v) is 15.3. The molecular formula is C18H24N2O4S. The fourth-order valence-corrected chi connectivity index (χ4v) is 4.78. The number of rotatable bonds is 4. The Balaban J connectivity index is 1.62. The van der Waals surface area contributed by atoms with E-state index >= 15 is 0 Å². The van der Waals surface area contributed by atoms with Gasteiger partial charge in [-0.05, 0) is 44.1 Å². The maximum atomic E-state index is 12.7. The number of aryl methyl sites for hydroxylation is 1. The summed E-state index contributed by atoms with van der Waals surface area (Å²) in [5.74, 6) is -1.64. The smallest absolute Gasteiger partial charge is 0.308 e. The maximum absolute atomic E-state index is 12.7. The molecule has 136 valence electrons. The molecule has 2 aliphatic rings. The van der Waals surface area contributed by atoms with Gasteiger partial charge < -0.3 is 14.9 Å². The number of hydrogen-bond donors (Lipinski definition) is 1. The largest absolute Gasteiger partial charge is 0.481 e. The number of likely N-dealkylation sites (tertiary alicyclic amines) is 1. The molecule has 0 saturated carbocycles. The summed E-state index contributed by atoms with van der Waals surface area (Å²) in [6, 6.07) is 0. The second kappa shape index (κ2) is 7.56. The summed E-state index contributed by atoms with van der Waals surface area (Å²) in [4.78, 5) is 40.7. The van der Waals surface area contributed by atoms with Crippen LogP contribution in [0.5, 0.6) is 0 Å². The molecule has 1 unspecified atom stereocenters. The zero-order valence-electron chi connectivity index (χ0n) is 14.5. The van der Waals surface area contributed by atoms with Crippen molar-refractivity contribution < 1.29 is 19.5 Å². The first-order valence-electron chi connectivity index (χ1n) is 8.82. The average molecular weight is 364 g/mol. The highest BCUT2D eigenvalue weighted by atomic mass is 32.1. The lowest BCUT2D eigenvalue weighted by molar-refractivity contribution is -0.145. The van der Waals surface area contributed by atoms with Crippen LogP contribution in [0.3, 0.4) is 0 Å². The van der Waals surface area contributed by atoms with Gasteiger partial charge in [0, 0.05) is 30.4 Å². The van der Waals surface area contributed by atoms with Crippen LogP contribution in [0.1, 0.15) is 46.5 Å². The Kier molecular flexibility index (Phi) is 5.42. The van der Waals surface area contributed by atoms with Gasteiger partial charge in [-0.2, -0.15) is 0 Å². The Bertz CT molecular complexity index is 685. The van der Waals surface area contributed by atoms with E-state index in [1.807, 2.05) is 5.38 Å². The van der Waals surface area contributed by atoms with E-state index in [0.717, 1.165) is 30.4 Å². The van der Waals surface area contributed by atoms with Crippen LogP contribution in [0.15, 0.2) is 5.38 Å². The second-order valence-electron chi connectivity index (χ2n) is 6.94. The minimum Gasteiger partial charge on any atom is -0.481 e. The van der Waals surface area contributed by atoms with E-state index in [4.69, 9.17) is 5.11 Å². The number of aliphatic carboxylic acids is 1. The van der Waals surface area contributed by atoms with Crippen LogP contribution >= 0.6 is 11.3 Å². The van der Waals surface area contributed by atoms with Crippen LogP contribution in [0.4, 0.5) is 0 Å². The molecule has 1 aromatic rings. The Morgan fingerprint density at radius 2 is 2.04 bits per heavy atom. The summed E-state index contributed by atoms with van der Waals surface area (Å²) in [6.07, 6.45) is 5.56. The number of piperidine rings is 1. The molecule has 2 heterocycles. The molecule has 25 heavy (non-hydrogen) atoms. The van der Waals surface area contributed by atoms with Crippen LogP contribution in [-0.2, 0) is 22.4 Å². The molecule has 1 atom stereocenters. The fraction of sp³-hybridized carbons (Fsp3) is 0.611. The van der Waals surface area contributed by atoms with Gasteiger partial charge in [-0.15, -0.1) is 11.3 Å². The highest BCUT2D eigenvalue weighted by molar-refractivity contribution is 7.10. The van der Waals surface area contributed by atoms with Gasteiger partial charge in [-0.25, -0.2) is 0 Å². The van der Waals surface area contributed by atoms with Crippen molar-refractivity contribution in [2.45, 2.75) is 38.5 Å². The van der Waals surface area contributed by atoms with Gasteiger partial charge in [0.1, 0.15) is 0 Å². The predicted octanol–water partition coefficient (Wildman–Crippen LogP) is 2.02. The molecule has 2 amide bonds. The van der Waals surface area contributed by atoms with Crippen molar-refractivity contribution in [2.75, 3.05) is 26.7 Å². The molecule has 0 radical (unpaired) electrons. The molecule has 1 fully saturated rings. The quantitative estimate of drug-likeness (QED) is 0.887. The number of amides is 2. The lowest BCUT2D eigenvalue weighted by atomic mass is 9.95. The van der Waals surface area contributed by atoms with E-state index in [9.17, 15) is 14.4 Å². The molecular weight excluding hydrogens is 340 g/mol. The third-order valence-corrected chi connectivity index (χ3v) is 6.22. The first kappa shape index (κ1) is 17.9. The minimum atomic E-state index is -0.855. The summed E-state index contributed by atoms with van der Waals surface area (Å²) in [5, 5.41) is 11.1. The average Bonchev–Trinajstić information content (AvgIpc) is 3.05. The van der Waals surface area contributed by atoms with E-state index in [0.29, 0.717) is 19.4 Å². The van der Waals surface area contributed by atoms with Gasteiger partial charge in [-0.1, -0.05) is 0 Å². The van der Waals surface area contributed by atoms with Gasteiger partial charge in [0.05, 0.1) is 18.0 Å². The lowest BCUT2D eigenvalue weighted by Gasteiger charge is -2.32. The van der Waals surface area contributed by atoms with Crippen LogP contribution in [0, 0.1) is 5.92 Å². The normalized spacial score (nSPS) is 20.0. The van der Waals surface area contributed by atoms with E-state index < -0.39 is 11.9 Å². The molecule has 1 N–H and O–H groups in total. The monoisotopic (exact) mass is 364 g/mol. The molecule has 1 saturated heterocycles. The number of nitrogens with zero attached hydrogens (tertiary/aromatic N) is 2. The first-order valence-corrected chi connectivity index (χ1v) is 9.70. The van der Waals surface area contributed by atoms with Gasteiger partial charge in [0.15, 0.2) is 0 Å². The Labute approximate surface area is 151 Å². The summed E-state index contributed by atoms with van der Waals surface area (Å²) < 4.78 is 0. The summed E-state index contributed by atoms with van der Waals surface area (Å²) in [5.41, 5.74) is 1.89. The second-order valence-corrected chi connectivity index (χ2v) is 7.90. The van der Waals surface area contributed by atoms with Crippen molar-refractivity contribution in [3.63, 3.8) is 0 Å². The SMILES string of the molecule is CN(CC(=O)N1CCCC(C(=O)O)C1)C(=O)c1csc2c1CCCC2. The molecule has 3 rings (SSSR count). The van der Waals surface area contributed by atoms with Gasteiger partial charge in [-0.3, -0.25) is 14.4 Å². The topological polar surface area (TPSA) is 77.9 Å². The first-order chi connectivity index (χ1) is 12.0. The number of carbonyl (C=O) groups excluding carboxylic acids is 2. The summed E-state index contributed by atoms with van der Waals surface area (Å²) >= 11 is 1.64. The molecule has 0 aromatic carbocycles. The summed E-state index contributed by atoms with van der Waals surface area (Å²) in [6.45, 7) is 0.804. The van der Waals surface area contributed by atoms with E-state index in [2.05, 4.69) is 0 Å². The fourth-order valence-electron chi connectivity index (χ4n) is 3.66. The number of likely N-dealkylation sites (N-methyl/N-ethyl adjacent to an activating group) is 1. The number of carboxylic acids is 1. The highest BCUT2D eigenvalue weighted by Crippen LogP contribution is 2.30. The van der Waals surface area contributed by atoms with Crippen molar-refractivity contribution in [3.05, 3.63) is 21.4 Å². The van der Waals surface area contributed by atoms with E-state index in [1.165, 1.54) is 16.2 Å². The van der Waals surface area contributed by atoms with Gasteiger partial charge in [0.2, 0.25) is 5.91 Å². The molecule has 6 nitrogen and oxygen atoms in total. The third kappa shape index (κ3) is 3.86. The van der Waals surface area contributed by atoms with Crippen molar-refractivity contribution in [2.24, 2.45) is 5.92 Å². The van der Waals surface area contributed by atoms with Crippen LogP contribution < -0.4 is 0 Å². The molecule has 1 aromatic heterocycles. The van der Waals surface area contributed by atoms with Crippen LogP contribution in [-0.4, -0.2) is 59.4 Å². The van der Waals surface area contributed by atoms with Crippen molar-refractivity contribution >= 4 is 29.1 Å². The van der Waals surface area contributed by atoms with Crippen LogP contribution in [0.25, 0.3) is 0 Å². The number of carbonyl (C=O) groups is 3. The van der Waals surface area contributed by atoms with Crippen LogP contribution in [0.2, 0.25) is 0 Å². The van der Waals surface area contributed by atoms with E-state index in [1.54, 1.807) is 23.3 Å². The van der Waals surface area contributed by atoms with Gasteiger partial charge >= 0.3 is 5.97 Å². The third-order valence-electron chi connectivity index (χ3n) is 5.13. The van der Waals surface area contributed by atoms with E-state index in [-0.39, 0.29) is 24.9 Å². The highest BCUT2D eigenvalue weighted by Gasteiger charge is 2.30. The molecule has 1 aliphatic heterocycles. The number of thiophene rings is 1. The Morgan fingerprint density at radius 3 is 2.80 bits per heavy atom. The van der Waals surface area contributed by atoms with Crippen molar-refractivity contribution in [3.8, 4) is 0 Å². The zero-order chi connectivity index (χ0) is 18.0. The van der Waals surface area contributed by atoms with Crippen molar-refractivity contribution in [1.82, 2.24) is 9.80 Å². The molecule has 0 spiro atoms.